The Bertz CT molecular complexity index is 753. The van der Waals surface area contributed by atoms with Crippen molar-refractivity contribution in [2.45, 2.75) is 25.7 Å². The second-order valence-electron chi connectivity index (χ2n) is 6.75. The van der Waals surface area contributed by atoms with Crippen molar-refractivity contribution >= 4 is 27.3 Å². The Balaban J connectivity index is 1.80. The van der Waals surface area contributed by atoms with E-state index in [1.54, 1.807) is 0 Å². The topological polar surface area (TPSA) is 87.3 Å². The molecule has 8 heteroatoms. The van der Waals surface area contributed by atoms with Crippen LogP contribution in [0.3, 0.4) is 0 Å². The number of nitrogens with one attached hydrogen (secondary N) is 3. The number of benzene rings is 1. The van der Waals surface area contributed by atoms with Gasteiger partial charge >= 0.3 is 0 Å². The summed E-state index contributed by atoms with van der Waals surface area (Å²) in [6.45, 7) is 1.50. The summed E-state index contributed by atoms with van der Waals surface area (Å²) in [5.41, 5.74) is -0.201. The van der Waals surface area contributed by atoms with Gasteiger partial charge in [0.2, 0.25) is 15.9 Å². The van der Waals surface area contributed by atoms with Gasteiger partial charge in [0.15, 0.2) is 0 Å². The van der Waals surface area contributed by atoms with E-state index in [4.69, 9.17) is 0 Å². The van der Waals surface area contributed by atoms with Gasteiger partial charge in [-0.15, -0.1) is 0 Å². The lowest BCUT2D eigenvalue weighted by Gasteiger charge is -2.37. The molecule has 6 nitrogen and oxygen atoms in total. The number of amides is 1. The maximum Gasteiger partial charge on any atom is 0.232 e. The Morgan fingerprint density at radius 2 is 2.17 bits per heavy atom. The third kappa shape index (κ3) is 3.39. The van der Waals surface area contributed by atoms with E-state index >= 15 is 0 Å². The summed E-state index contributed by atoms with van der Waals surface area (Å²) in [6, 6.07) is 3.90. The molecule has 1 aliphatic carbocycles. The highest BCUT2D eigenvalue weighted by Crippen LogP contribution is 2.44. The first-order valence-corrected chi connectivity index (χ1v) is 9.99. The third-order valence-electron chi connectivity index (χ3n) is 5.01. The first-order valence-electron chi connectivity index (χ1n) is 8.10. The smallest absolute Gasteiger partial charge is 0.232 e. The standard InChI is InChI=1S/C16H22FN3O3S/c1-24(22,23)20-14-8-12(5-6-13(14)17)19-15(21)16-7-3-2-4-11(16)9-18-10-16/h5-6,8,11,18,20H,2-4,7,9-10H2,1H3,(H,19,21)/t11-,16+/m0/s1. The molecule has 1 heterocycles. The number of fused-ring (bicyclic) bond motifs is 1. The van der Waals surface area contributed by atoms with Crippen molar-refractivity contribution in [3.8, 4) is 0 Å². The van der Waals surface area contributed by atoms with Gasteiger partial charge in [-0.1, -0.05) is 12.8 Å². The van der Waals surface area contributed by atoms with Crippen molar-refractivity contribution in [1.29, 1.82) is 0 Å². The van der Waals surface area contributed by atoms with Gasteiger partial charge in [-0.25, -0.2) is 12.8 Å². The van der Waals surface area contributed by atoms with Gasteiger partial charge in [0, 0.05) is 12.2 Å². The first-order chi connectivity index (χ1) is 11.3. The van der Waals surface area contributed by atoms with Crippen molar-refractivity contribution in [2.24, 2.45) is 11.3 Å². The minimum absolute atomic E-state index is 0.0749. The molecular formula is C16H22FN3O3S. The Hall–Kier alpha value is -1.67. The lowest BCUT2D eigenvalue weighted by Crippen LogP contribution is -2.44. The van der Waals surface area contributed by atoms with E-state index in [0.29, 0.717) is 18.2 Å². The van der Waals surface area contributed by atoms with Gasteiger partial charge in [-0.3, -0.25) is 9.52 Å². The first kappa shape index (κ1) is 17.2. The maximum atomic E-state index is 13.8. The molecule has 0 radical (unpaired) electrons. The van der Waals surface area contributed by atoms with Gasteiger partial charge in [0.25, 0.3) is 0 Å². The van der Waals surface area contributed by atoms with Crippen LogP contribution in [0.15, 0.2) is 18.2 Å². The Kier molecular flexibility index (Phi) is 4.52. The summed E-state index contributed by atoms with van der Waals surface area (Å²) in [4.78, 5) is 12.9. The second kappa shape index (κ2) is 6.33. The van der Waals surface area contributed by atoms with Gasteiger partial charge in [0.1, 0.15) is 5.82 Å². The van der Waals surface area contributed by atoms with E-state index in [-0.39, 0.29) is 11.6 Å². The van der Waals surface area contributed by atoms with Crippen LogP contribution in [-0.4, -0.2) is 33.7 Å². The molecule has 0 unspecified atom stereocenters. The van der Waals surface area contributed by atoms with Crippen LogP contribution in [0, 0.1) is 17.2 Å². The van der Waals surface area contributed by atoms with Crippen molar-refractivity contribution < 1.29 is 17.6 Å². The summed E-state index contributed by atoms with van der Waals surface area (Å²) in [5, 5.41) is 6.16. The predicted octanol–water partition coefficient (Wildman–Crippen LogP) is 1.92. The highest BCUT2D eigenvalue weighted by Gasteiger charge is 2.49. The van der Waals surface area contributed by atoms with E-state index in [1.165, 1.54) is 12.1 Å². The van der Waals surface area contributed by atoms with Crippen LogP contribution in [-0.2, 0) is 14.8 Å². The molecule has 2 atom stereocenters. The molecule has 132 valence electrons. The quantitative estimate of drug-likeness (QED) is 0.770. The van der Waals surface area contributed by atoms with Gasteiger partial charge in [-0.2, -0.15) is 0 Å². The molecule has 0 bridgehead atoms. The average molecular weight is 355 g/mol. The van der Waals surface area contributed by atoms with Crippen LogP contribution < -0.4 is 15.4 Å². The summed E-state index contributed by atoms with van der Waals surface area (Å²) in [7, 11) is -3.59. The fraction of sp³-hybridized carbons (Fsp3) is 0.562. The molecule has 2 aliphatic rings. The van der Waals surface area contributed by atoms with E-state index in [1.807, 2.05) is 0 Å². The van der Waals surface area contributed by atoms with Crippen LogP contribution in [0.1, 0.15) is 25.7 Å². The number of rotatable bonds is 4. The number of sulfonamides is 1. The van der Waals surface area contributed by atoms with Crippen molar-refractivity contribution in [3.63, 3.8) is 0 Å². The normalized spacial score (nSPS) is 26.7. The van der Waals surface area contributed by atoms with Crippen molar-refractivity contribution in [2.75, 3.05) is 29.4 Å². The van der Waals surface area contributed by atoms with Crippen LogP contribution in [0.5, 0.6) is 0 Å². The Morgan fingerprint density at radius 3 is 2.92 bits per heavy atom. The highest BCUT2D eigenvalue weighted by atomic mass is 32.2. The minimum Gasteiger partial charge on any atom is -0.325 e. The molecule has 1 saturated carbocycles. The third-order valence-corrected chi connectivity index (χ3v) is 5.60. The van der Waals surface area contributed by atoms with E-state index < -0.39 is 21.3 Å². The zero-order valence-electron chi connectivity index (χ0n) is 13.6. The number of carbonyl (C=O) groups is 1. The summed E-state index contributed by atoms with van der Waals surface area (Å²) < 4.78 is 38.5. The highest BCUT2D eigenvalue weighted by molar-refractivity contribution is 7.92. The van der Waals surface area contributed by atoms with Crippen LogP contribution in [0.2, 0.25) is 0 Å². The fourth-order valence-corrected chi connectivity index (χ4v) is 4.38. The van der Waals surface area contributed by atoms with Crippen LogP contribution in [0.4, 0.5) is 15.8 Å². The second-order valence-corrected chi connectivity index (χ2v) is 8.50. The summed E-state index contributed by atoms with van der Waals surface area (Å²) in [6.07, 6.45) is 4.99. The predicted molar refractivity (Wildman–Crippen MR) is 90.8 cm³/mol. The van der Waals surface area contributed by atoms with Gasteiger partial charge in [0.05, 0.1) is 17.4 Å². The van der Waals surface area contributed by atoms with Crippen molar-refractivity contribution in [1.82, 2.24) is 5.32 Å². The number of anilines is 2. The molecule has 2 fully saturated rings. The van der Waals surface area contributed by atoms with E-state index in [2.05, 4.69) is 15.4 Å². The molecular weight excluding hydrogens is 333 g/mol. The lowest BCUT2D eigenvalue weighted by atomic mass is 9.67. The Morgan fingerprint density at radius 1 is 1.38 bits per heavy atom. The Labute approximate surface area is 141 Å². The molecule has 1 aliphatic heterocycles. The fourth-order valence-electron chi connectivity index (χ4n) is 3.83. The zero-order chi connectivity index (χ0) is 17.4. The SMILES string of the molecule is CS(=O)(=O)Nc1cc(NC(=O)[C@@]23CCCC[C@H]2CNC3)ccc1F. The van der Waals surface area contributed by atoms with E-state index in [9.17, 15) is 17.6 Å². The molecule has 3 rings (SSSR count). The number of hydrogen-bond donors (Lipinski definition) is 3. The molecule has 3 N–H and O–H groups in total. The monoisotopic (exact) mass is 355 g/mol. The zero-order valence-corrected chi connectivity index (χ0v) is 14.4. The molecule has 1 aromatic carbocycles. The largest absolute Gasteiger partial charge is 0.325 e. The number of carbonyl (C=O) groups excluding carboxylic acids is 1. The lowest BCUT2D eigenvalue weighted by molar-refractivity contribution is -0.128. The molecule has 0 spiro atoms. The van der Waals surface area contributed by atoms with Crippen LogP contribution >= 0.6 is 0 Å². The average Bonchev–Trinajstić information content (AvgIpc) is 2.94. The molecule has 0 aromatic heterocycles. The molecule has 24 heavy (non-hydrogen) atoms. The minimum atomic E-state index is -3.59. The molecule has 1 saturated heterocycles. The van der Waals surface area contributed by atoms with Crippen LogP contribution in [0.25, 0.3) is 0 Å². The van der Waals surface area contributed by atoms with Gasteiger partial charge in [-0.05, 0) is 43.5 Å². The number of hydrogen-bond acceptors (Lipinski definition) is 4. The van der Waals surface area contributed by atoms with E-state index in [0.717, 1.165) is 44.6 Å². The van der Waals surface area contributed by atoms with Gasteiger partial charge < -0.3 is 10.6 Å². The molecule has 1 amide bonds. The summed E-state index contributed by atoms with van der Waals surface area (Å²) >= 11 is 0. The molecule has 1 aromatic rings. The maximum absolute atomic E-state index is 13.8. The number of halogens is 1. The summed E-state index contributed by atoms with van der Waals surface area (Å²) in [5.74, 6) is -0.441. The van der Waals surface area contributed by atoms with Crippen molar-refractivity contribution in [3.05, 3.63) is 24.0 Å².